The van der Waals surface area contributed by atoms with Crippen molar-refractivity contribution in [3.8, 4) is 0 Å². The van der Waals surface area contributed by atoms with E-state index in [9.17, 15) is 13.2 Å². The third-order valence-corrected chi connectivity index (χ3v) is 7.29. The van der Waals surface area contributed by atoms with Crippen molar-refractivity contribution in [2.24, 2.45) is 0 Å². The largest absolute Gasteiger partial charge is 0.298 e. The maximum atomic E-state index is 12.7. The molecule has 0 unspecified atom stereocenters. The lowest BCUT2D eigenvalue weighted by molar-refractivity contribution is 0.102. The third-order valence-electron chi connectivity index (χ3n) is 4.96. The lowest BCUT2D eigenvalue weighted by Gasteiger charge is -2.08. The first-order valence-corrected chi connectivity index (χ1v) is 12.1. The Morgan fingerprint density at radius 1 is 0.812 bits per heavy atom. The summed E-state index contributed by atoms with van der Waals surface area (Å²) in [6.07, 6.45) is 0. The van der Waals surface area contributed by atoms with E-state index in [-0.39, 0.29) is 10.8 Å². The molecule has 0 aliphatic heterocycles. The van der Waals surface area contributed by atoms with Gasteiger partial charge in [-0.2, -0.15) is 0 Å². The number of amides is 1. The van der Waals surface area contributed by atoms with Crippen LogP contribution < -0.4 is 10.0 Å². The fraction of sp³-hybridized carbons (Fsp3) is 0. The molecule has 2 N–H and O–H groups in total. The lowest BCUT2D eigenvalue weighted by atomic mass is 10.1. The van der Waals surface area contributed by atoms with Gasteiger partial charge in [0.2, 0.25) is 0 Å². The van der Waals surface area contributed by atoms with Gasteiger partial charge < -0.3 is 0 Å². The first-order valence-electron chi connectivity index (χ1n) is 9.77. The smallest absolute Gasteiger partial charge is 0.261 e. The van der Waals surface area contributed by atoms with Gasteiger partial charge in [-0.25, -0.2) is 13.4 Å². The molecule has 0 radical (unpaired) electrons. The van der Waals surface area contributed by atoms with Crippen LogP contribution in [0.4, 0.5) is 10.8 Å². The zero-order chi connectivity index (χ0) is 22.1. The van der Waals surface area contributed by atoms with Crippen molar-refractivity contribution >= 4 is 59.1 Å². The van der Waals surface area contributed by atoms with Crippen LogP contribution in [0.3, 0.4) is 0 Å². The van der Waals surface area contributed by atoms with Crippen LogP contribution in [0.15, 0.2) is 95.9 Å². The highest BCUT2D eigenvalue weighted by atomic mass is 32.2. The molecule has 5 aromatic rings. The highest BCUT2D eigenvalue weighted by molar-refractivity contribution is 7.92. The fourth-order valence-electron chi connectivity index (χ4n) is 3.39. The number of sulfonamides is 1. The van der Waals surface area contributed by atoms with E-state index < -0.39 is 10.0 Å². The molecule has 1 heterocycles. The number of hydrogen-bond acceptors (Lipinski definition) is 5. The highest BCUT2D eigenvalue weighted by Gasteiger charge is 2.15. The SMILES string of the molecule is O=C(Nc1nc2c(ccc3ccccc32)s1)c1ccc(NS(=O)(=O)c2ccccc2)cc1. The summed E-state index contributed by atoms with van der Waals surface area (Å²) >= 11 is 1.41. The number of nitrogens with one attached hydrogen (secondary N) is 2. The maximum Gasteiger partial charge on any atom is 0.261 e. The van der Waals surface area contributed by atoms with Gasteiger partial charge in [-0.05, 0) is 47.9 Å². The van der Waals surface area contributed by atoms with Crippen molar-refractivity contribution in [1.29, 1.82) is 0 Å². The van der Waals surface area contributed by atoms with Gasteiger partial charge in [-0.15, -0.1) is 0 Å². The van der Waals surface area contributed by atoms with Crippen molar-refractivity contribution in [2.75, 3.05) is 10.0 Å². The molecule has 1 aromatic heterocycles. The minimum absolute atomic E-state index is 0.171. The number of rotatable bonds is 5. The van der Waals surface area contributed by atoms with Crippen LogP contribution in [0, 0.1) is 0 Å². The van der Waals surface area contributed by atoms with Crippen molar-refractivity contribution < 1.29 is 13.2 Å². The van der Waals surface area contributed by atoms with Gasteiger partial charge in [-0.3, -0.25) is 14.8 Å². The van der Waals surface area contributed by atoms with Gasteiger partial charge in [-0.1, -0.05) is 59.9 Å². The second-order valence-corrected chi connectivity index (χ2v) is 9.82. The Kier molecular flexibility index (Phi) is 5.08. The minimum Gasteiger partial charge on any atom is -0.298 e. The van der Waals surface area contributed by atoms with Gasteiger partial charge in [0.1, 0.15) is 0 Å². The Morgan fingerprint density at radius 2 is 1.53 bits per heavy atom. The Hall–Kier alpha value is -3.75. The molecule has 0 saturated heterocycles. The van der Waals surface area contributed by atoms with Crippen LogP contribution in [0.5, 0.6) is 0 Å². The van der Waals surface area contributed by atoms with Crippen molar-refractivity contribution in [1.82, 2.24) is 4.98 Å². The Balaban J connectivity index is 1.33. The van der Waals surface area contributed by atoms with Crippen LogP contribution >= 0.6 is 11.3 Å². The first-order chi connectivity index (χ1) is 15.5. The molecule has 0 atom stereocenters. The molecule has 0 spiro atoms. The number of carbonyl (C=O) groups excluding carboxylic acids is 1. The second-order valence-electron chi connectivity index (χ2n) is 7.10. The number of carbonyl (C=O) groups is 1. The van der Waals surface area contributed by atoms with E-state index in [0.29, 0.717) is 16.4 Å². The van der Waals surface area contributed by atoms with E-state index in [1.807, 2.05) is 36.4 Å². The summed E-state index contributed by atoms with van der Waals surface area (Å²) in [6.45, 7) is 0. The normalized spacial score (nSPS) is 11.5. The number of thiazole rings is 1. The molecule has 8 heteroatoms. The van der Waals surface area contributed by atoms with E-state index in [1.165, 1.54) is 23.5 Å². The van der Waals surface area contributed by atoms with E-state index in [4.69, 9.17) is 0 Å². The molecule has 0 aliphatic carbocycles. The number of anilines is 2. The summed E-state index contributed by atoms with van der Waals surface area (Å²) in [7, 11) is -3.69. The van der Waals surface area contributed by atoms with Gasteiger partial charge >= 0.3 is 0 Å². The standard InChI is InChI=1S/C24H17N3O3S2/c28-23(26-24-25-22-20-9-5-4-6-16(20)12-15-21(22)31-24)17-10-13-18(14-11-17)27-32(29,30)19-7-2-1-3-8-19/h1-15,27H,(H,25,26,28). The first kappa shape index (κ1) is 20.2. The average molecular weight is 460 g/mol. The predicted octanol–water partition coefficient (Wildman–Crippen LogP) is 5.50. The van der Waals surface area contributed by atoms with E-state index in [1.54, 1.807) is 42.5 Å². The van der Waals surface area contributed by atoms with Gasteiger partial charge in [0, 0.05) is 16.6 Å². The van der Waals surface area contributed by atoms with Crippen LogP contribution in [0.2, 0.25) is 0 Å². The van der Waals surface area contributed by atoms with Crippen molar-refractivity contribution in [3.05, 3.63) is 96.6 Å². The van der Waals surface area contributed by atoms with Crippen LogP contribution in [-0.4, -0.2) is 19.3 Å². The Bertz CT molecular complexity index is 1540. The summed E-state index contributed by atoms with van der Waals surface area (Å²) in [5.74, 6) is -0.314. The van der Waals surface area contributed by atoms with Crippen LogP contribution in [0.25, 0.3) is 21.0 Å². The Morgan fingerprint density at radius 3 is 2.31 bits per heavy atom. The van der Waals surface area contributed by atoms with E-state index >= 15 is 0 Å². The van der Waals surface area contributed by atoms with Gasteiger partial charge in [0.15, 0.2) is 5.13 Å². The van der Waals surface area contributed by atoms with Gasteiger partial charge in [0.05, 0.1) is 15.1 Å². The molecule has 5 rings (SSSR count). The zero-order valence-electron chi connectivity index (χ0n) is 16.6. The predicted molar refractivity (Wildman–Crippen MR) is 129 cm³/mol. The van der Waals surface area contributed by atoms with Crippen molar-refractivity contribution in [2.45, 2.75) is 4.90 Å². The number of hydrogen-bond donors (Lipinski definition) is 2. The zero-order valence-corrected chi connectivity index (χ0v) is 18.3. The molecule has 0 bridgehead atoms. The summed E-state index contributed by atoms with van der Waals surface area (Å²) in [5.41, 5.74) is 1.63. The van der Waals surface area contributed by atoms with Gasteiger partial charge in [0.25, 0.3) is 15.9 Å². The molecule has 0 aliphatic rings. The van der Waals surface area contributed by atoms with Crippen molar-refractivity contribution in [3.63, 3.8) is 0 Å². The third kappa shape index (κ3) is 3.93. The summed E-state index contributed by atoms with van der Waals surface area (Å²) in [4.78, 5) is 17.5. The van der Waals surface area contributed by atoms with E-state index in [2.05, 4.69) is 15.0 Å². The number of benzene rings is 4. The lowest BCUT2D eigenvalue weighted by Crippen LogP contribution is -2.14. The molecule has 0 saturated carbocycles. The second kappa shape index (κ2) is 8.07. The monoisotopic (exact) mass is 459 g/mol. The summed E-state index contributed by atoms with van der Waals surface area (Å²) < 4.78 is 28.4. The fourth-order valence-corrected chi connectivity index (χ4v) is 5.34. The maximum absolute atomic E-state index is 12.7. The average Bonchev–Trinajstić information content (AvgIpc) is 3.23. The molecular formula is C24H17N3O3S2. The number of aromatic nitrogens is 1. The van der Waals surface area contributed by atoms with E-state index in [0.717, 1.165) is 21.0 Å². The molecule has 158 valence electrons. The molecule has 32 heavy (non-hydrogen) atoms. The summed E-state index contributed by atoms with van der Waals surface area (Å²) in [5, 5.41) is 5.48. The topological polar surface area (TPSA) is 88.2 Å². The molecule has 1 amide bonds. The number of fused-ring (bicyclic) bond motifs is 3. The highest BCUT2D eigenvalue weighted by Crippen LogP contribution is 2.32. The van der Waals surface area contributed by atoms with Crippen LogP contribution in [-0.2, 0) is 10.0 Å². The Labute approximate surface area is 188 Å². The molecule has 6 nitrogen and oxygen atoms in total. The molecule has 0 fully saturated rings. The van der Waals surface area contributed by atoms with Crippen LogP contribution in [0.1, 0.15) is 10.4 Å². The molecular weight excluding hydrogens is 442 g/mol. The minimum atomic E-state index is -3.69. The molecule has 4 aromatic carbocycles. The quantitative estimate of drug-likeness (QED) is 0.363. The number of nitrogens with zero attached hydrogens (tertiary/aromatic N) is 1. The summed E-state index contributed by atoms with van der Waals surface area (Å²) in [6, 6.07) is 26.4.